The molecule has 0 radical (unpaired) electrons. The van der Waals surface area contributed by atoms with Crippen molar-refractivity contribution in [3.63, 3.8) is 0 Å². The molecule has 4 fully saturated rings. The van der Waals surface area contributed by atoms with E-state index in [9.17, 15) is 19.5 Å². The topological polar surface area (TPSA) is 93.1 Å². The number of ether oxygens (including phenoxy) is 1. The molecule has 3 aliphatic carbocycles. The number of fused-ring (bicyclic) bond motifs is 1. The summed E-state index contributed by atoms with van der Waals surface area (Å²) in [6.45, 7) is 13.0. The van der Waals surface area contributed by atoms with Crippen molar-refractivity contribution in [2.75, 3.05) is 0 Å². The van der Waals surface area contributed by atoms with Crippen LogP contribution in [0.1, 0.15) is 111 Å². The van der Waals surface area contributed by atoms with E-state index in [1.54, 1.807) is 0 Å². The number of carbonyl (C=O) groups excluding carboxylic acids is 3. The van der Waals surface area contributed by atoms with Gasteiger partial charge in [-0.3, -0.25) is 14.4 Å². The molecule has 0 aromatic rings. The molecule has 1 saturated heterocycles. The SMILES string of the molecule is C=C1CC[C@H](OC(=O)ON2C(=O)CCC2=O)C/C1=C/C=C1\CCC[C@@]2(C)C1CC[C@@H]2[C@@H](C)CCCC(C)(C)O. The Morgan fingerprint density at radius 2 is 1.87 bits per heavy atom. The van der Waals surface area contributed by atoms with Crippen LogP contribution in [0.2, 0.25) is 0 Å². The maximum atomic E-state index is 12.3. The molecule has 3 saturated carbocycles. The first kappa shape index (κ1) is 29.6. The van der Waals surface area contributed by atoms with Gasteiger partial charge in [0.25, 0.3) is 11.8 Å². The third-order valence-corrected chi connectivity index (χ3v) is 9.78. The first-order valence-corrected chi connectivity index (χ1v) is 14.9. The van der Waals surface area contributed by atoms with E-state index in [1.165, 1.54) is 37.7 Å². The van der Waals surface area contributed by atoms with E-state index in [4.69, 9.17) is 9.57 Å². The smallest absolute Gasteiger partial charge is 0.429 e. The molecule has 216 valence electrons. The van der Waals surface area contributed by atoms with Crippen LogP contribution in [0, 0.1) is 23.2 Å². The van der Waals surface area contributed by atoms with E-state index < -0.39 is 23.6 Å². The molecular weight excluding hydrogens is 494 g/mol. The summed E-state index contributed by atoms with van der Waals surface area (Å²) < 4.78 is 5.47. The zero-order valence-corrected chi connectivity index (χ0v) is 24.3. The molecule has 1 N–H and O–H groups in total. The van der Waals surface area contributed by atoms with Crippen molar-refractivity contribution >= 4 is 18.0 Å². The standard InChI is InChI=1S/C32H47NO6/c1-21-10-13-25(38-30(36)39-33-28(34)16-17-29(33)35)20-24(21)12-11-23-9-7-19-32(5)26(14-15-27(23)32)22(2)8-6-18-31(3,4)37/h11-12,22,25-27,37H,1,6-10,13-20H2,2-5H3/b23-11+,24-12-/t22-,25-,26+,27?,32+/m0/s1. The molecule has 1 aliphatic heterocycles. The largest absolute Gasteiger partial charge is 0.534 e. The lowest BCUT2D eigenvalue weighted by atomic mass is 9.60. The van der Waals surface area contributed by atoms with Gasteiger partial charge in [0, 0.05) is 19.3 Å². The van der Waals surface area contributed by atoms with E-state index in [0.29, 0.717) is 41.1 Å². The molecule has 2 amide bonds. The fourth-order valence-electron chi connectivity index (χ4n) is 7.64. The van der Waals surface area contributed by atoms with Gasteiger partial charge in [0.2, 0.25) is 0 Å². The van der Waals surface area contributed by atoms with Crippen LogP contribution in [0.4, 0.5) is 4.79 Å². The number of rotatable bonds is 8. The van der Waals surface area contributed by atoms with Gasteiger partial charge < -0.3 is 9.84 Å². The van der Waals surface area contributed by atoms with Crippen LogP contribution >= 0.6 is 0 Å². The molecule has 0 aromatic heterocycles. The Hall–Kier alpha value is -2.41. The van der Waals surface area contributed by atoms with Crippen molar-refractivity contribution in [3.8, 4) is 0 Å². The minimum absolute atomic E-state index is 0.0542. The minimum atomic E-state index is -1.01. The zero-order valence-electron chi connectivity index (χ0n) is 24.3. The lowest BCUT2D eigenvalue weighted by molar-refractivity contribution is -0.178. The summed E-state index contributed by atoms with van der Waals surface area (Å²) in [5.41, 5.74) is 3.41. The van der Waals surface area contributed by atoms with Crippen LogP contribution in [-0.4, -0.2) is 39.8 Å². The Kier molecular flexibility index (Phi) is 9.09. The van der Waals surface area contributed by atoms with Crippen molar-refractivity contribution in [1.82, 2.24) is 5.06 Å². The third-order valence-electron chi connectivity index (χ3n) is 9.78. The van der Waals surface area contributed by atoms with Crippen LogP contribution in [0.3, 0.4) is 0 Å². The number of nitrogens with zero attached hydrogens (tertiary/aromatic N) is 1. The summed E-state index contributed by atoms with van der Waals surface area (Å²) >= 11 is 0. The van der Waals surface area contributed by atoms with Gasteiger partial charge in [-0.1, -0.05) is 61.6 Å². The molecule has 4 rings (SSSR count). The Labute approximate surface area is 233 Å². The summed E-state index contributed by atoms with van der Waals surface area (Å²) in [5, 5.41) is 10.6. The van der Waals surface area contributed by atoms with Crippen LogP contribution in [0.5, 0.6) is 0 Å². The molecule has 0 bridgehead atoms. The zero-order chi connectivity index (χ0) is 28.4. The molecule has 1 heterocycles. The summed E-state index contributed by atoms with van der Waals surface area (Å²) in [5.74, 6) is 0.932. The first-order valence-electron chi connectivity index (χ1n) is 14.9. The van der Waals surface area contributed by atoms with Crippen LogP contribution < -0.4 is 0 Å². The first-order chi connectivity index (χ1) is 18.4. The number of hydrogen-bond acceptors (Lipinski definition) is 6. The summed E-state index contributed by atoms with van der Waals surface area (Å²) in [6, 6.07) is 0. The van der Waals surface area contributed by atoms with E-state index >= 15 is 0 Å². The Balaban J connectivity index is 1.37. The molecule has 4 aliphatic rings. The van der Waals surface area contributed by atoms with Crippen molar-refractivity contribution in [2.45, 2.75) is 123 Å². The predicted octanol–water partition coefficient (Wildman–Crippen LogP) is 6.96. The number of carbonyl (C=O) groups is 3. The quantitative estimate of drug-likeness (QED) is 0.264. The van der Waals surface area contributed by atoms with Gasteiger partial charge in [-0.2, -0.15) is 0 Å². The highest BCUT2D eigenvalue weighted by atomic mass is 16.8. The van der Waals surface area contributed by atoms with Crippen molar-refractivity contribution < 1.29 is 29.1 Å². The maximum absolute atomic E-state index is 12.3. The lowest BCUT2D eigenvalue weighted by Crippen LogP contribution is -2.36. The fourth-order valence-corrected chi connectivity index (χ4v) is 7.64. The van der Waals surface area contributed by atoms with Gasteiger partial charge in [-0.15, -0.1) is 0 Å². The highest BCUT2D eigenvalue weighted by Gasteiger charge is 2.50. The molecule has 7 nitrogen and oxygen atoms in total. The van der Waals surface area contributed by atoms with Crippen molar-refractivity contribution in [1.29, 1.82) is 0 Å². The van der Waals surface area contributed by atoms with Crippen molar-refractivity contribution in [3.05, 3.63) is 35.5 Å². The molecule has 7 heteroatoms. The highest BCUT2D eigenvalue weighted by Crippen LogP contribution is 2.60. The lowest BCUT2D eigenvalue weighted by Gasteiger charge is -2.44. The van der Waals surface area contributed by atoms with Gasteiger partial charge in [-0.25, -0.2) is 4.79 Å². The highest BCUT2D eigenvalue weighted by molar-refractivity contribution is 6.01. The monoisotopic (exact) mass is 541 g/mol. The fraction of sp³-hybridized carbons (Fsp3) is 0.719. The van der Waals surface area contributed by atoms with Crippen molar-refractivity contribution in [2.24, 2.45) is 23.2 Å². The number of hydroxylamine groups is 2. The van der Waals surface area contributed by atoms with E-state index in [2.05, 4.69) is 32.6 Å². The second-order valence-corrected chi connectivity index (χ2v) is 13.2. The molecular formula is C32H47NO6. The average Bonchev–Trinajstić information content (AvgIpc) is 3.37. The molecule has 5 atom stereocenters. The van der Waals surface area contributed by atoms with E-state index in [-0.39, 0.29) is 18.9 Å². The normalized spacial score (nSPS) is 32.6. The predicted molar refractivity (Wildman–Crippen MR) is 149 cm³/mol. The van der Waals surface area contributed by atoms with E-state index in [1.807, 2.05) is 13.8 Å². The van der Waals surface area contributed by atoms with E-state index in [0.717, 1.165) is 36.8 Å². The summed E-state index contributed by atoms with van der Waals surface area (Å²) in [4.78, 5) is 40.6. The number of aliphatic hydroxyl groups is 1. The average molecular weight is 542 g/mol. The summed E-state index contributed by atoms with van der Waals surface area (Å²) in [7, 11) is 0. The molecule has 1 unspecified atom stereocenters. The van der Waals surface area contributed by atoms with Gasteiger partial charge in [-0.05, 0) is 94.0 Å². The third kappa shape index (κ3) is 7.03. The van der Waals surface area contributed by atoms with Crippen LogP contribution in [0.25, 0.3) is 0 Å². The molecule has 39 heavy (non-hydrogen) atoms. The molecule has 0 spiro atoms. The molecule has 0 aromatic carbocycles. The second kappa shape index (κ2) is 12.0. The number of amides is 2. The Bertz CT molecular complexity index is 1020. The maximum Gasteiger partial charge on any atom is 0.534 e. The minimum Gasteiger partial charge on any atom is -0.429 e. The van der Waals surface area contributed by atoms with Gasteiger partial charge in [0.15, 0.2) is 0 Å². The van der Waals surface area contributed by atoms with Gasteiger partial charge in [0.1, 0.15) is 6.10 Å². The number of hydrogen-bond donors (Lipinski definition) is 1. The Morgan fingerprint density at radius 1 is 1.15 bits per heavy atom. The van der Waals surface area contributed by atoms with Gasteiger partial charge >= 0.3 is 6.16 Å². The number of allylic oxidation sites excluding steroid dienone is 4. The van der Waals surface area contributed by atoms with Crippen LogP contribution in [-0.2, 0) is 19.2 Å². The summed E-state index contributed by atoms with van der Waals surface area (Å²) in [6.07, 6.45) is 14.3. The Morgan fingerprint density at radius 3 is 2.56 bits per heavy atom. The second-order valence-electron chi connectivity index (χ2n) is 13.2. The number of imide groups is 1. The van der Waals surface area contributed by atoms with Gasteiger partial charge in [0.05, 0.1) is 5.60 Å². The van der Waals surface area contributed by atoms with Crippen LogP contribution in [0.15, 0.2) is 35.5 Å².